The molecule has 2 rings (SSSR count). The molecule has 1 aromatic heterocycles. The van der Waals surface area contributed by atoms with E-state index in [2.05, 4.69) is 5.32 Å². The highest BCUT2D eigenvalue weighted by Crippen LogP contribution is 2.34. The first-order valence-electron chi connectivity index (χ1n) is 6.25. The number of ether oxygens (including phenoxy) is 2. The lowest BCUT2D eigenvalue weighted by Crippen LogP contribution is -2.18. The molecule has 0 bridgehead atoms. The van der Waals surface area contributed by atoms with E-state index in [4.69, 9.17) is 13.9 Å². The Morgan fingerprint density at radius 1 is 1.15 bits per heavy atom. The van der Waals surface area contributed by atoms with Gasteiger partial charge in [-0.1, -0.05) is 0 Å². The molecule has 0 spiro atoms. The van der Waals surface area contributed by atoms with Crippen LogP contribution in [0.5, 0.6) is 11.5 Å². The summed E-state index contributed by atoms with van der Waals surface area (Å²) in [7, 11) is 4.74. The lowest BCUT2D eigenvalue weighted by molar-refractivity contribution is 0.350. The summed E-state index contributed by atoms with van der Waals surface area (Å²) >= 11 is 0. The summed E-state index contributed by atoms with van der Waals surface area (Å²) < 4.78 is 30.1. The van der Waals surface area contributed by atoms with Crippen LogP contribution in [-0.2, 0) is 0 Å². The van der Waals surface area contributed by atoms with Crippen molar-refractivity contribution in [1.82, 2.24) is 5.32 Å². The highest BCUT2D eigenvalue weighted by Gasteiger charge is 2.22. The number of methoxy groups -OCH3 is 2. The first-order valence-corrected chi connectivity index (χ1v) is 6.25. The van der Waals surface area contributed by atoms with Gasteiger partial charge >= 0.3 is 0 Å². The van der Waals surface area contributed by atoms with Crippen LogP contribution >= 0.6 is 0 Å². The Morgan fingerprint density at radius 2 is 1.80 bits per heavy atom. The summed E-state index contributed by atoms with van der Waals surface area (Å²) in [5.74, 6) is 1.89. The molecule has 1 atom stereocenters. The van der Waals surface area contributed by atoms with E-state index in [-0.39, 0.29) is 11.9 Å². The Hall–Kier alpha value is -2.01. The van der Waals surface area contributed by atoms with E-state index < -0.39 is 0 Å². The van der Waals surface area contributed by atoms with Crippen LogP contribution in [0.15, 0.2) is 28.7 Å². The molecule has 0 amide bonds. The Kier molecular flexibility index (Phi) is 4.29. The second kappa shape index (κ2) is 5.96. The van der Waals surface area contributed by atoms with Gasteiger partial charge in [0.15, 0.2) is 11.5 Å². The van der Waals surface area contributed by atoms with Gasteiger partial charge in [-0.15, -0.1) is 0 Å². The van der Waals surface area contributed by atoms with E-state index >= 15 is 0 Å². The molecule has 1 unspecified atom stereocenters. The monoisotopic (exact) mass is 279 g/mol. The fourth-order valence-electron chi connectivity index (χ4n) is 2.15. The van der Waals surface area contributed by atoms with Gasteiger partial charge in [0.05, 0.1) is 20.3 Å². The Morgan fingerprint density at radius 3 is 2.30 bits per heavy atom. The third-order valence-electron chi connectivity index (χ3n) is 3.15. The van der Waals surface area contributed by atoms with Crippen LogP contribution in [0.2, 0.25) is 0 Å². The first-order chi connectivity index (χ1) is 9.60. The Bertz CT molecular complexity index is 595. The summed E-state index contributed by atoms with van der Waals surface area (Å²) in [6, 6.07) is 6.22. The fraction of sp³-hybridized carbons (Fsp3) is 0.333. The molecule has 0 fully saturated rings. The maximum atomic E-state index is 14.3. The van der Waals surface area contributed by atoms with Gasteiger partial charge in [-0.05, 0) is 32.2 Å². The average Bonchev–Trinajstić information content (AvgIpc) is 2.87. The third kappa shape index (κ3) is 2.63. The van der Waals surface area contributed by atoms with Gasteiger partial charge in [0.25, 0.3) is 0 Å². The molecule has 0 saturated heterocycles. The van der Waals surface area contributed by atoms with Gasteiger partial charge in [0.1, 0.15) is 17.3 Å². The van der Waals surface area contributed by atoms with Crippen LogP contribution in [0.1, 0.15) is 23.1 Å². The smallest absolute Gasteiger partial charge is 0.163 e. The number of nitrogens with one attached hydrogen (secondary N) is 1. The van der Waals surface area contributed by atoms with Crippen molar-refractivity contribution in [2.24, 2.45) is 0 Å². The molecule has 1 N–H and O–H groups in total. The summed E-state index contributed by atoms with van der Waals surface area (Å²) in [4.78, 5) is 0. The number of hydrogen-bond acceptors (Lipinski definition) is 4. The van der Waals surface area contributed by atoms with E-state index in [0.29, 0.717) is 22.8 Å². The van der Waals surface area contributed by atoms with E-state index in [0.717, 1.165) is 5.76 Å². The molecular formula is C15H18FNO3. The molecule has 0 aliphatic heterocycles. The molecule has 0 aliphatic carbocycles. The van der Waals surface area contributed by atoms with E-state index in [9.17, 15) is 4.39 Å². The van der Waals surface area contributed by atoms with Crippen molar-refractivity contribution in [3.05, 3.63) is 47.2 Å². The van der Waals surface area contributed by atoms with E-state index in [1.54, 1.807) is 13.1 Å². The topological polar surface area (TPSA) is 43.6 Å². The molecule has 4 nitrogen and oxygen atoms in total. The minimum atomic E-state index is -0.386. The molecule has 20 heavy (non-hydrogen) atoms. The maximum Gasteiger partial charge on any atom is 0.163 e. The van der Waals surface area contributed by atoms with Crippen molar-refractivity contribution in [3.63, 3.8) is 0 Å². The van der Waals surface area contributed by atoms with Gasteiger partial charge in [-0.2, -0.15) is 0 Å². The zero-order chi connectivity index (χ0) is 14.7. The third-order valence-corrected chi connectivity index (χ3v) is 3.15. The van der Waals surface area contributed by atoms with E-state index in [1.165, 1.54) is 20.3 Å². The Labute approximate surface area is 117 Å². The van der Waals surface area contributed by atoms with Gasteiger partial charge in [-0.3, -0.25) is 0 Å². The number of halogens is 1. The fourth-order valence-corrected chi connectivity index (χ4v) is 2.15. The van der Waals surface area contributed by atoms with Gasteiger partial charge < -0.3 is 19.2 Å². The number of rotatable bonds is 5. The zero-order valence-electron chi connectivity index (χ0n) is 12.0. The number of furan rings is 1. The number of aryl methyl sites for hydroxylation is 1. The second-order valence-corrected chi connectivity index (χ2v) is 4.40. The highest BCUT2D eigenvalue weighted by atomic mass is 19.1. The van der Waals surface area contributed by atoms with Crippen LogP contribution in [0, 0.1) is 12.7 Å². The molecular weight excluding hydrogens is 261 g/mol. The molecule has 0 aliphatic rings. The minimum Gasteiger partial charge on any atom is -0.493 e. The van der Waals surface area contributed by atoms with Crippen LogP contribution < -0.4 is 14.8 Å². The van der Waals surface area contributed by atoms with Crippen molar-refractivity contribution >= 4 is 0 Å². The molecule has 5 heteroatoms. The summed E-state index contributed by atoms with van der Waals surface area (Å²) in [5.41, 5.74) is 0.444. The number of benzene rings is 1. The largest absolute Gasteiger partial charge is 0.493 e. The van der Waals surface area contributed by atoms with Crippen molar-refractivity contribution in [2.45, 2.75) is 13.0 Å². The minimum absolute atomic E-state index is 0.360. The van der Waals surface area contributed by atoms with E-state index in [1.807, 2.05) is 19.1 Å². The zero-order valence-corrected chi connectivity index (χ0v) is 12.0. The SMILES string of the molecule is CNC(c1ccc(C)o1)c1cc(OC)c(OC)cc1F. The molecule has 108 valence electrons. The molecule has 1 heterocycles. The lowest BCUT2D eigenvalue weighted by atomic mass is 10.0. The van der Waals surface area contributed by atoms with Crippen molar-refractivity contribution in [1.29, 1.82) is 0 Å². The predicted molar refractivity (Wildman–Crippen MR) is 73.9 cm³/mol. The standard InChI is InChI=1S/C15H18FNO3/c1-9-5-6-12(20-9)15(17-2)10-7-13(18-3)14(19-4)8-11(10)16/h5-8,15,17H,1-4H3. The summed E-state index contributed by atoms with van der Waals surface area (Å²) in [6.07, 6.45) is 0. The summed E-state index contributed by atoms with van der Waals surface area (Å²) in [6.45, 7) is 1.85. The summed E-state index contributed by atoms with van der Waals surface area (Å²) in [5, 5.41) is 3.05. The van der Waals surface area contributed by atoms with Crippen molar-refractivity contribution in [2.75, 3.05) is 21.3 Å². The van der Waals surface area contributed by atoms with Crippen LogP contribution in [0.25, 0.3) is 0 Å². The average molecular weight is 279 g/mol. The van der Waals surface area contributed by atoms with Crippen LogP contribution in [0.3, 0.4) is 0 Å². The van der Waals surface area contributed by atoms with Crippen molar-refractivity contribution < 1.29 is 18.3 Å². The quantitative estimate of drug-likeness (QED) is 0.913. The highest BCUT2D eigenvalue weighted by molar-refractivity contribution is 5.46. The molecule has 0 radical (unpaired) electrons. The Balaban J connectivity index is 2.49. The normalized spacial score (nSPS) is 12.2. The number of hydrogen-bond donors (Lipinski definition) is 1. The first kappa shape index (κ1) is 14.4. The maximum absolute atomic E-state index is 14.3. The second-order valence-electron chi connectivity index (χ2n) is 4.40. The molecule has 1 aromatic carbocycles. The lowest BCUT2D eigenvalue weighted by Gasteiger charge is -2.17. The molecule has 2 aromatic rings. The van der Waals surface area contributed by atoms with Gasteiger partial charge in [-0.25, -0.2) is 4.39 Å². The van der Waals surface area contributed by atoms with Crippen LogP contribution in [-0.4, -0.2) is 21.3 Å². The van der Waals surface area contributed by atoms with Gasteiger partial charge in [0.2, 0.25) is 0 Å². The van der Waals surface area contributed by atoms with Crippen molar-refractivity contribution in [3.8, 4) is 11.5 Å². The van der Waals surface area contributed by atoms with Crippen LogP contribution in [0.4, 0.5) is 4.39 Å². The van der Waals surface area contributed by atoms with Gasteiger partial charge in [0, 0.05) is 11.6 Å². The predicted octanol–water partition coefficient (Wildman–Crippen LogP) is 3.05. The molecule has 0 saturated carbocycles.